The number of ether oxygens (including phenoxy) is 1. The number of unbranched alkanes of at least 4 members (excludes halogenated alkanes) is 1. The summed E-state index contributed by atoms with van der Waals surface area (Å²) in [5, 5.41) is 0. The summed E-state index contributed by atoms with van der Waals surface area (Å²) < 4.78 is 5.33. The first-order chi connectivity index (χ1) is 14.0. The van der Waals surface area contributed by atoms with Crippen LogP contribution in [0.3, 0.4) is 0 Å². The molecule has 2 unspecified atom stereocenters. The Morgan fingerprint density at radius 1 is 1.00 bits per heavy atom. The summed E-state index contributed by atoms with van der Waals surface area (Å²) in [7, 11) is 1.50. The van der Waals surface area contributed by atoms with Crippen molar-refractivity contribution >= 4 is 5.97 Å². The number of hydrogen-bond donors (Lipinski definition) is 0. The van der Waals surface area contributed by atoms with Crippen molar-refractivity contribution in [2.75, 3.05) is 7.11 Å². The Hall–Kier alpha value is -2.09. The molecule has 2 rings (SSSR count). The number of aryl methyl sites for hydroxylation is 4. The van der Waals surface area contributed by atoms with E-state index in [9.17, 15) is 4.79 Å². The third-order valence-electron chi connectivity index (χ3n) is 6.74. The van der Waals surface area contributed by atoms with Crippen LogP contribution >= 0.6 is 0 Å². The molecule has 0 aromatic heterocycles. The molecule has 0 fully saturated rings. The number of hydrogen-bond acceptors (Lipinski definition) is 2. The molecule has 2 aromatic rings. The zero-order chi connectivity index (χ0) is 22.6. The van der Waals surface area contributed by atoms with Gasteiger partial charge in [0.1, 0.15) is 0 Å². The molecule has 2 atom stereocenters. The molecule has 0 amide bonds. The molecule has 0 aliphatic carbocycles. The van der Waals surface area contributed by atoms with Gasteiger partial charge in [0.25, 0.3) is 0 Å². The average molecular weight is 409 g/mol. The zero-order valence-electron chi connectivity index (χ0n) is 20.5. The summed E-state index contributed by atoms with van der Waals surface area (Å²) in [5.74, 6) is -0.315. The first-order valence-electron chi connectivity index (χ1n) is 11.3. The highest BCUT2D eigenvalue weighted by atomic mass is 16.5. The van der Waals surface area contributed by atoms with Crippen LogP contribution in [0.1, 0.15) is 81.2 Å². The minimum atomic E-state index is -0.301. The summed E-state index contributed by atoms with van der Waals surface area (Å²) in [6, 6.07) is 11.1. The van der Waals surface area contributed by atoms with Crippen LogP contribution in [0.4, 0.5) is 0 Å². The highest BCUT2D eigenvalue weighted by Gasteiger charge is 2.37. The molecule has 2 aromatic carbocycles. The number of methoxy groups -OCH3 is 1. The molecular weight excluding hydrogens is 368 g/mol. The summed E-state index contributed by atoms with van der Waals surface area (Å²) in [6.45, 7) is 17.5. The summed E-state index contributed by atoms with van der Waals surface area (Å²) in [4.78, 5) is 13.1. The molecule has 164 valence electrons. The number of carbonyl (C=O) groups is 1. The smallest absolute Gasteiger partial charge is 0.313 e. The van der Waals surface area contributed by atoms with Crippen molar-refractivity contribution in [1.82, 2.24) is 0 Å². The van der Waals surface area contributed by atoms with Crippen LogP contribution in [-0.4, -0.2) is 13.1 Å². The van der Waals surface area contributed by atoms with Gasteiger partial charge in [0.15, 0.2) is 0 Å². The lowest BCUT2D eigenvalue weighted by Gasteiger charge is -2.35. The standard InChI is InChI=1S/C28H40O2/c1-10-11-12-22-17-23(16-15-18(22)2)24-19(3)13-14-20(4)25(24)26(27(29)30-9)21(5)28(6,7)8/h13-17,21,26H,10-12H2,1-9H3. The Bertz CT molecular complexity index is 886. The molecule has 0 bridgehead atoms. The van der Waals surface area contributed by atoms with Crippen molar-refractivity contribution in [1.29, 1.82) is 0 Å². The summed E-state index contributed by atoms with van der Waals surface area (Å²) in [6.07, 6.45) is 3.47. The van der Waals surface area contributed by atoms with Gasteiger partial charge in [-0.3, -0.25) is 4.79 Å². The Kier molecular flexibility index (Phi) is 7.91. The van der Waals surface area contributed by atoms with Gasteiger partial charge in [-0.2, -0.15) is 0 Å². The van der Waals surface area contributed by atoms with Gasteiger partial charge in [0.05, 0.1) is 13.0 Å². The molecule has 0 aliphatic heterocycles. The van der Waals surface area contributed by atoms with Gasteiger partial charge in [0, 0.05) is 0 Å². The van der Waals surface area contributed by atoms with Crippen LogP contribution < -0.4 is 0 Å². The van der Waals surface area contributed by atoms with Gasteiger partial charge >= 0.3 is 5.97 Å². The van der Waals surface area contributed by atoms with E-state index in [2.05, 4.69) is 85.7 Å². The van der Waals surface area contributed by atoms with Gasteiger partial charge in [-0.15, -0.1) is 0 Å². The first-order valence-corrected chi connectivity index (χ1v) is 11.3. The van der Waals surface area contributed by atoms with Crippen LogP contribution in [-0.2, 0) is 16.0 Å². The van der Waals surface area contributed by atoms with Crippen LogP contribution in [0.5, 0.6) is 0 Å². The van der Waals surface area contributed by atoms with E-state index in [1.54, 1.807) is 0 Å². The average Bonchev–Trinajstić information content (AvgIpc) is 2.69. The largest absolute Gasteiger partial charge is 0.469 e. The van der Waals surface area contributed by atoms with E-state index in [4.69, 9.17) is 4.74 Å². The van der Waals surface area contributed by atoms with Crippen LogP contribution in [0.15, 0.2) is 30.3 Å². The quantitative estimate of drug-likeness (QED) is 0.442. The molecule has 0 saturated carbocycles. The van der Waals surface area contributed by atoms with Crippen molar-refractivity contribution < 1.29 is 9.53 Å². The molecule has 0 aliphatic rings. The maximum absolute atomic E-state index is 13.1. The molecule has 2 heteroatoms. The zero-order valence-corrected chi connectivity index (χ0v) is 20.5. The lowest BCUT2D eigenvalue weighted by atomic mass is 9.69. The molecule has 0 radical (unpaired) electrons. The second kappa shape index (κ2) is 9.81. The van der Waals surface area contributed by atoms with E-state index in [0.29, 0.717) is 0 Å². The second-order valence-corrected chi connectivity index (χ2v) is 9.89. The third kappa shape index (κ3) is 5.14. The fraction of sp³-hybridized carbons (Fsp3) is 0.536. The molecule has 2 nitrogen and oxygen atoms in total. The van der Waals surface area contributed by atoms with E-state index in [1.165, 1.54) is 47.8 Å². The monoisotopic (exact) mass is 408 g/mol. The molecule has 0 saturated heterocycles. The van der Waals surface area contributed by atoms with E-state index in [1.807, 2.05) is 0 Å². The third-order valence-corrected chi connectivity index (χ3v) is 6.74. The van der Waals surface area contributed by atoms with E-state index in [0.717, 1.165) is 17.5 Å². The highest BCUT2D eigenvalue weighted by Crippen LogP contribution is 2.44. The Labute approximate surface area is 184 Å². The van der Waals surface area contributed by atoms with Gasteiger partial charge in [-0.1, -0.05) is 71.4 Å². The maximum Gasteiger partial charge on any atom is 0.313 e. The molecule has 0 N–H and O–H groups in total. The predicted molar refractivity (Wildman–Crippen MR) is 128 cm³/mol. The number of benzene rings is 2. The Morgan fingerprint density at radius 2 is 1.60 bits per heavy atom. The van der Waals surface area contributed by atoms with Gasteiger partial charge in [0.2, 0.25) is 0 Å². The van der Waals surface area contributed by atoms with E-state index < -0.39 is 0 Å². The van der Waals surface area contributed by atoms with Crippen LogP contribution in [0.2, 0.25) is 0 Å². The van der Waals surface area contributed by atoms with Crippen molar-refractivity contribution in [3.8, 4) is 11.1 Å². The van der Waals surface area contributed by atoms with E-state index >= 15 is 0 Å². The van der Waals surface area contributed by atoms with E-state index in [-0.39, 0.29) is 23.2 Å². The Balaban J connectivity index is 2.77. The summed E-state index contributed by atoms with van der Waals surface area (Å²) in [5.41, 5.74) is 8.60. The van der Waals surface area contributed by atoms with Gasteiger partial charge in [-0.25, -0.2) is 0 Å². The molecule has 0 spiro atoms. The first kappa shape index (κ1) is 24.2. The number of rotatable bonds is 7. The summed E-state index contributed by atoms with van der Waals surface area (Å²) >= 11 is 0. The van der Waals surface area contributed by atoms with Crippen molar-refractivity contribution in [3.05, 3.63) is 58.1 Å². The predicted octanol–water partition coefficient (Wildman–Crippen LogP) is 7.56. The van der Waals surface area contributed by atoms with Crippen molar-refractivity contribution in [3.63, 3.8) is 0 Å². The lowest BCUT2D eigenvalue weighted by molar-refractivity contribution is -0.144. The minimum Gasteiger partial charge on any atom is -0.469 e. The minimum absolute atomic E-state index is 0.0219. The van der Waals surface area contributed by atoms with Crippen LogP contribution in [0.25, 0.3) is 11.1 Å². The Morgan fingerprint density at radius 3 is 2.17 bits per heavy atom. The van der Waals surface area contributed by atoms with Crippen molar-refractivity contribution in [2.45, 2.75) is 80.6 Å². The normalized spacial score (nSPS) is 13.8. The molecule has 0 heterocycles. The van der Waals surface area contributed by atoms with Gasteiger partial charge in [-0.05, 0) is 83.9 Å². The number of carbonyl (C=O) groups excluding carboxylic acids is 1. The fourth-order valence-electron chi connectivity index (χ4n) is 4.28. The molecular formula is C28H40O2. The number of esters is 1. The second-order valence-electron chi connectivity index (χ2n) is 9.89. The maximum atomic E-state index is 13.1. The highest BCUT2D eigenvalue weighted by molar-refractivity contribution is 5.85. The fourth-order valence-corrected chi connectivity index (χ4v) is 4.28. The van der Waals surface area contributed by atoms with Gasteiger partial charge < -0.3 is 4.74 Å². The van der Waals surface area contributed by atoms with Crippen LogP contribution in [0, 0.1) is 32.1 Å². The topological polar surface area (TPSA) is 26.3 Å². The SMILES string of the molecule is CCCCc1cc(-c2c(C)ccc(C)c2C(C(=O)OC)C(C)C(C)(C)C)ccc1C. The molecule has 30 heavy (non-hydrogen) atoms. The van der Waals surface area contributed by atoms with Crippen molar-refractivity contribution in [2.24, 2.45) is 11.3 Å². The lowest BCUT2D eigenvalue weighted by Crippen LogP contribution is -2.31.